The number of alkyl halides is 3. The molecule has 1 aliphatic carbocycles. The molecule has 0 fully saturated rings. The molecule has 0 bridgehead atoms. The van der Waals surface area contributed by atoms with Crippen molar-refractivity contribution in [2.45, 2.75) is 25.1 Å². The van der Waals surface area contributed by atoms with Crippen LogP contribution in [0.1, 0.15) is 29.2 Å². The molecule has 3 rings (SSSR count). The summed E-state index contributed by atoms with van der Waals surface area (Å²) >= 11 is 0. The van der Waals surface area contributed by atoms with E-state index < -0.39 is 17.6 Å². The van der Waals surface area contributed by atoms with Crippen LogP contribution in [0.15, 0.2) is 42.5 Å². The van der Waals surface area contributed by atoms with Crippen LogP contribution in [0.4, 0.5) is 23.2 Å². The van der Waals surface area contributed by atoms with Gasteiger partial charge in [0.15, 0.2) is 0 Å². The summed E-state index contributed by atoms with van der Waals surface area (Å²) in [5.41, 5.74) is 1.34. The van der Waals surface area contributed by atoms with E-state index in [1.54, 1.807) is 0 Å². The Hall–Kier alpha value is -2.04. The number of hydrogen-bond acceptors (Lipinski definition) is 1. The molecule has 0 aliphatic heterocycles. The van der Waals surface area contributed by atoms with Gasteiger partial charge in [-0.15, -0.1) is 0 Å². The van der Waals surface area contributed by atoms with Crippen molar-refractivity contribution in [3.05, 3.63) is 65.0 Å². The zero-order valence-electron chi connectivity index (χ0n) is 11.0. The molecule has 2 aromatic carbocycles. The molecule has 2 aromatic rings. The maximum atomic E-state index is 13.3. The van der Waals surface area contributed by atoms with E-state index >= 15 is 0 Å². The van der Waals surface area contributed by atoms with Gasteiger partial charge in [0.05, 0.1) is 11.6 Å². The molecule has 0 aromatic heterocycles. The van der Waals surface area contributed by atoms with Crippen molar-refractivity contribution in [1.82, 2.24) is 0 Å². The first kappa shape index (κ1) is 13.9. The van der Waals surface area contributed by atoms with Crippen LogP contribution in [0, 0.1) is 5.82 Å². The first-order valence-corrected chi connectivity index (χ1v) is 6.66. The smallest absolute Gasteiger partial charge is 0.378 e. The van der Waals surface area contributed by atoms with Crippen LogP contribution in [-0.2, 0) is 12.6 Å². The van der Waals surface area contributed by atoms with Gasteiger partial charge in [0.25, 0.3) is 0 Å². The molecule has 0 spiro atoms. The molecule has 0 saturated heterocycles. The van der Waals surface area contributed by atoms with Gasteiger partial charge in [0.2, 0.25) is 0 Å². The van der Waals surface area contributed by atoms with Crippen molar-refractivity contribution >= 4 is 5.69 Å². The number of fused-ring (bicyclic) bond motifs is 1. The van der Waals surface area contributed by atoms with Crippen molar-refractivity contribution in [3.8, 4) is 0 Å². The first-order valence-electron chi connectivity index (χ1n) is 6.66. The van der Waals surface area contributed by atoms with E-state index in [-0.39, 0.29) is 11.7 Å². The highest BCUT2D eigenvalue weighted by Crippen LogP contribution is 2.36. The lowest BCUT2D eigenvalue weighted by Crippen LogP contribution is -2.11. The largest absolute Gasteiger partial charge is 0.419 e. The second kappa shape index (κ2) is 5.06. The number of hydrogen-bond donors (Lipinski definition) is 1. The van der Waals surface area contributed by atoms with E-state index in [1.165, 1.54) is 11.6 Å². The molecule has 1 atom stereocenters. The predicted octanol–water partition coefficient (Wildman–Crippen LogP) is 4.94. The summed E-state index contributed by atoms with van der Waals surface area (Å²) < 4.78 is 51.4. The zero-order valence-corrected chi connectivity index (χ0v) is 11.0. The molecule has 1 nitrogen and oxygen atoms in total. The average molecular weight is 295 g/mol. The summed E-state index contributed by atoms with van der Waals surface area (Å²) in [7, 11) is 0. The molecular weight excluding hydrogens is 282 g/mol. The first-order chi connectivity index (χ1) is 9.95. The van der Waals surface area contributed by atoms with E-state index in [0.717, 1.165) is 30.5 Å². The Balaban J connectivity index is 1.87. The van der Waals surface area contributed by atoms with Gasteiger partial charge in [-0.1, -0.05) is 24.3 Å². The number of anilines is 1. The van der Waals surface area contributed by atoms with Gasteiger partial charge >= 0.3 is 6.18 Å². The predicted molar refractivity (Wildman–Crippen MR) is 72.5 cm³/mol. The normalized spacial score (nSPS) is 17.6. The standard InChI is InChI=1S/C16H13F4N/c17-14-7-6-11(9-13(14)16(18,19)20)21-15-8-5-10-3-1-2-4-12(10)15/h1-4,6-7,9,15,21H,5,8H2. The summed E-state index contributed by atoms with van der Waals surface area (Å²) in [4.78, 5) is 0. The van der Waals surface area contributed by atoms with Crippen LogP contribution in [0.5, 0.6) is 0 Å². The third kappa shape index (κ3) is 2.73. The number of nitrogens with one attached hydrogen (secondary N) is 1. The van der Waals surface area contributed by atoms with Gasteiger partial charge in [-0.05, 0) is 42.2 Å². The lowest BCUT2D eigenvalue weighted by Gasteiger charge is -2.17. The Labute approximate surface area is 119 Å². The molecule has 0 amide bonds. The fourth-order valence-electron chi connectivity index (χ4n) is 2.74. The molecule has 0 radical (unpaired) electrons. The average Bonchev–Trinajstić information content (AvgIpc) is 2.83. The van der Waals surface area contributed by atoms with E-state index in [1.807, 2.05) is 24.3 Å². The number of benzene rings is 2. The van der Waals surface area contributed by atoms with E-state index in [2.05, 4.69) is 5.32 Å². The Morgan fingerprint density at radius 2 is 1.81 bits per heavy atom. The Kier molecular flexibility index (Phi) is 3.35. The van der Waals surface area contributed by atoms with E-state index in [9.17, 15) is 17.6 Å². The summed E-state index contributed by atoms with van der Waals surface area (Å²) in [5.74, 6) is -1.25. The van der Waals surface area contributed by atoms with Gasteiger partial charge < -0.3 is 5.32 Å². The number of halogens is 4. The van der Waals surface area contributed by atoms with Gasteiger partial charge in [-0.3, -0.25) is 0 Å². The van der Waals surface area contributed by atoms with Crippen LogP contribution < -0.4 is 5.32 Å². The van der Waals surface area contributed by atoms with Gasteiger partial charge in [0.1, 0.15) is 5.82 Å². The summed E-state index contributed by atoms with van der Waals surface area (Å²) in [6.07, 6.45) is -2.98. The lowest BCUT2D eigenvalue weighted by atomic mass is 10.1. The molecule has 0 saturated carbocycles. The fraction of sp³-hybridized carbons (Fsp3) is 0.250. The maximum Gasteiger partial charge on any atom is 0.419 e. The highest BCUT2D eigenvalue weighted by atomic mass is 19.4. The highest BCUT2D eigenvalue weighted by Gasteiger charge is 2.34. The van der Waals surface area contributed by atoms with Crippen LogP contribution in [0.2, 0.25) is 0 Å². The minimum absolute atomic E-state index is 0.0345. The van der Waals surface area contributed by atoms with Crippen molar-refractivity contribution in [2.75, 3.05) is 5.32 Å². The maximum absolute atomic E-state index is 13.3. The van der Waals surface area contributed by atoms with Crippen LogP contribution in [0.3, 0.4) is 0 Å². The number of aryl methyl sites for hydroxylation is 1. The van der Waals surface area contributed by atoms with Crippen LogP contribution in [-0.4, -0.2) is 0 Å². The highest BCUT2D eigenvalue weighted by molar-refractivity contribution is 5.50. The van der Waals surface area contributed by atoms with Crippen LogP contribution >= 0.6 is 0 Å². The molecular formula is C16H13F4N. The molecule has 5 heteroatoms. The van der Waals surface area contributed by atoms with Crippen molar-refractivity contribution in [1.29, 1.82) is 0 Å². The third-order valence-corrected chi connectivity index (χ3v) is 3.75. The lowest BCUT2D eigenvalue weighted by molar-refractivity contribution is -0.139. The fourth-order valence-corrected chi connectivity index (χ4v) is 2.74. The topological polar surface area (TPSA) is 12.0 Å². The minimum Gasteiger partial charge on any atom is -0.378 e. The molecule has 0 heterocycles. The van der Waals surface area contributed by atoms with E-state index in [4.69, 9.17) is 0 Å². The molecule has 1 N–H and O–H groups in total. The van der Waals surface area contributed by atoms with Gasteiger partial charge in [-0.25, -0.2) is 4.39 Å². The molecule has 1 aliphatic rings. The van der Waals surface area contributed by atoms with Crippen molar-refractivity contribution < 1.29 is 17.6 Å². The van der Waals surface area contributed by atoms with Gasteiger partial charge in [-0.2, -0.15) is 13.2 Å². The van der Waals surface area contributed by atoms with Crippen LogP contribution in [0.25, 0.3) is 0 Å². The Morgan fingerprint density at radius 1 is 1.05 bits per heavy atom. The van der Waals surface area contributed by atoms with E-state index in [0.29, 0.717) is 0 Å². The van der Waals surface area contributed by atoms with Crippen molar-refractivity contribution in [3.63, 3.8) is 0 Å². The van der Waals surface area contributed by atoms with Gasteiger partial charge in [0, 0.05) is 5.69 Å². The second-order valence-corrected chi connectivity index (χ2v) is 5.13. The summed E-state index contributed by atoms with van der Waals surface area (Å²) in [5, 5.41) is 3.07. The number of rotatable bonds is 2. The summed E-state index contributed by atoms with van der Waals surface area (Å²) in [6, 6.07) is 10.8. The zero-order chi connectivity index (χ0) is 15.0. The Morgan fingerprint density at radius 3 is 2.57 bits per heavy atom. The third-order valence-electron chi connectivity index (χ3n) is 3.75. The minimum atomic E-state index is -4.69. The SMILES string of the molecule is Fc1ccc(NC2CCc3ccccc32)cc1C(F)(F)F. The monoisotopic (exact) mass is 295 g/mol. The van der Waals surface area contributed by atoms with Crippen molar-refractivity contribution in [2.24, 2.45) is 0 Å². The Bertz CT molecular complexity index is 664. The molecule has 1 unspecified atom stereocenters. The second-order valence-electron chi connectivity index (χ2n) is 5.13. The molecule has 110 valence electrons. The quantitative estimate of drug-likeness (QED) is 0.773. The molecule has 21 heavy (non-hydrogen) atoms. The summed E-state index contributed by atoms with van der Waals surface area (Å²) in [6.45, 7) is 0.